The van der Waals surface area contributed by atoms with Crippen LogP contribution < -0.4 is 4.74 Å². The van der Waals surface area contributed by atoms with Gasteiger partial charge in [0.05, 0.1) is 17.7 Å². The van der Waals surface area contributed by atoms with Crippen molar-refractivity contribution in [3.05, 3.63) is 71.2 Å². The number of amidine groups is 1. The molecule has 2 aliphatic rings. The van der Waals surface area contributed by atoms with Crippen LogP contribution in [0.25, 0.3) is 6.08 Å². The van der Waals surface area contributed by atoms with Crippen molar-refractivity contribution in [1.29, 1.82) is 0 Å². The number of phenolic OH excluding ortho intramolecular Hbond substituents is 1. The van der Waals surface area contributed by atoms with Crippen LogP contribution in [0.1, 0.15) is 43.2 Å². The largest absolute Gasteiger partial charge is 0.504 e. The number of nitrogens with zero attached hydrogens (tertiary/aromatic N) is 2. The molecule has 1 amide bonds. The fourth-order valence-corrected chi connectivity index (χ4v) is 5.29. The third kappa shape index (κ3) is 4.75. The van der Waals surface area contributed by atoms with Gasteiger partial charge in [0.2, 0.25) is 0 Å². The highest BCUT2D eigenvalue weighted by Gasteiger charge is 2.38. The quantitative estimate of drug-likeness (QED) is 0.431. The maximum Gasteiger partial charge on any atom is 0.267 e. The van der Waals surface area contributed by atoms with Crippen LogP contribution in [-0.2, 0) is 11.2 Å². The van der Waals surface area contributed by atoms with Crippen LogP contribution in [0.3, 0.4) is 0 Å². The van der Waals surface area contributed by atoms with E-state index in [-0.39, 0.29) is 17.7 Å². The topological polar surface area (TPSA) is 62.1 Å². The minimum absolute atomic E-state index is 0.00565. The van der Waals surface area contributed by atoms with Gasteiger partial charge >= 0.3 is 0 Å². The number of hydrogen-bond acceptors (Lipinski definition) is 5. The molecular weight excluding hydrogens is 420 g/mol. The molecule has 166 valence electrons. The summed E-state index contributed by atoms with van der Waals surface area (Å²) in [5, 5.41) is 11.1. The highest BCUT2D eigenvalue weighted by atomic mass is 32.2. The molecule has 1 saturated heterocycles. The number of methoxy groups -OCH3 is 1. The van der Waals surface area contributed by atoms with E-state index >= 15 is 0 Å². The second kappa shape index (κ2) is 10.1. The summed E-state index contributed by atoms with van der Waals surface area (Å²) >= 11 is 1.41. The van der Waals surface area contributed by atoms with Gasteiger partial charge in [0, 0.05) is 11.6 Å². The predicted molar refractivity (Wildman–Crippen MR) is 131 cm³/mol. The van der Waals surface area contributed by atoms with Crippen molar-refractivity contribution in [1.82, 2.24) is 4.90 Å². The van der Waals surface area contributed by atoms with Gasteiger partial charge in [0.25, 0.3) is 5.91 Å². The van der Waals surface area contributed by atoms with Gasteiger partial charge in [-0.05, 0) is 66.9 Å². The van der Waals surface area contributed by atoms with Gasteiger partial charge in [0.1, 0.15) is 0 Å². The Kier molecular flexibility index (Phi) is 7.00. The molecule has 0 atom stereocenters. The van der Waals surface area contributed by atoms with Crippen LogP contribution in [0.15, 0.2) is 65.0 Å². The van der Waals surface area contributed by atoms with Crippen molar-refractivity contribution >= 4 is 34.6 Å². The van der Waals surface area contributed by atoms with E-state index in [1.54, 1.807) is 12.1 Å². The van der Waals surface area contributed by atoms with E-state index in [1.165, 1.54) is 25.3 Å². The predicted octanol–water partition coefficient (Wildman–Crippen LogP) is 6.07. The fraction of sp³-hybridized carbons (Fsp3) is 0.308. The molecule has 1 aliphatic heterocycles. The number of thioether (sulfide) groups is 1. The molecule has 1 N–H and O–H groups in total. The summed E-state index contributed by atoms with van der Waals surface area (Å²) in [6.45, 7) is 3.76. The minimum Gasteiger partial charge on any atom is -0.504 e. The van der Waals surface area contributed by atoms with Crippen LogP contribution in [0.4, 0.5) is 5.69 Å². The summed E-state index contributed by atoms with van der Waals surface area (Å²) < 4.78 is 5.34. The van der Waals surface area contributed by atoms with Crippen LogP contribution in [-0.4, -0.2) is 34.2 Å². The van der Waals surface area contributed by atoms with Gasteiger partial charge in [-0.25, -0.2) is 4.99 Å². The van der Waals surface area contributed by atoms with Gasteiger partial charge < -0.3 is 9.84 Å². The molecule has 0 spiro atoms. The fourth-order valence-electron chi connectivity index (χ4n) is 4.23. The average Bonchev–Trinajstić information content (AvgIpc) is 3.11. The van der Waals surface area contributed by atoms with E-state index < -0.39 is 0 Å². The van der Waals surface area contributed by atoms with Crippen molar-refractivity contribution in [3.8, 4) is 11.5 Å². The van der Waals surface area contributed by atoms with E-state index in [0.717, 1.165) is 42.1 Å². The van der Waals surface area contributed by atoms with Gasteiger partial charge in [-0.3, -0.25) is 9.69 Å². The van der Waals surface area contributed by atoms with Crippen molar-refractivity contribution in [2.75, 3.05) is 7.11 Å². The zero-order chi connectivity index (χ0) is 22.5. The van der Waals surface area contributed by atoms with E-state index in [9.17, 15) is 9.90 Å². The molecule has 32 heavy (non-hydrogen) atoms. The lowest BCUT2D eigenvalue weighted by Crippen LogP contribution is -2.40. The molecule has 1 saturated carbocycles. The SMILES string of the molecule is C=CCc1cc(/C=C2\SC(=Nc3ccccc3)N(C3CCCCC3)C2=O)cc(OC)c1O. The molecule has 1 aliphatic carbocycles. The monoisotopic (exact) mass is 448 g/mol. The molecule has 1 heterocycles. The highest BCUT2D eigenvalue weighted by Crippen LogP contribution is 2.40. The molecule has 4 rings (SSSR count). The zero-order valence-corrected chi connectivity index (χ0v) is 19.1. The molecule has 0 radical (unpaired) electrons. The third-order valence-electron chi connectivity index (χ3n) is 5.82. The van der Waals surface area contributed by atoms with Crippen LogP contribution >= 0.6 is 11.8 Å². The lowest BCUT2D eigenvalue weighted by Gasteiger charge is -2.30. The molecule has 5 nitrogen and oxygen atoms in total. The number of rotatable bonds is 6. The van der Waals surface area contributed by atoms with Gasteiger partial charge in [-0.1, -0.05) is 43.5 Å². The van der Waals surface area contributed by atoms with Gasteiger partial charge in [0.15, 0.2) is 16.7 Å². The van der Waals surface area contributed by atoms with E-state index in [4.69, 9.17) is 9.73 Å². The van der Waals surface area contributed by atoms with Crippen molar-refractivity contribution in [2.45, 2.75) is 44.6 Å². The summed E-state index contributed by atoms with van der Waals surface area (Å²) in [4.78, 5) is 20.8. The van der Waals surface area contributed by atoms with Gasteiger partial charge in [-0.2, -0.15) is 0 Å². The number of amides is 1. The van der Waals surface area contributed by atoms with Gasteiger partial charge in [-0.15, -0.1) is 6.58 Å². The number of carbonyl (C=O) groups is 1. The number of benzene rings is 2. The Labute approximate surface area is 193 Å². The first kappa shape index (κ1) is 22.2. The molecule has 2 fully saturated rings. The highest BCUT2D eigenvalue weighted by molar-refractivity contribution is 8.18. The second-order valence-corrected chi connectivity index (χ2v) is 9.04. The number of phenols is 1. The summed E-state index contributed by atoms with van der Waals surface area (Å²) in [5.41, 5.74) is 2.35. The molecule has 6 heteroatoms. The Hall–Kier alpha value is -2.99. The Morgan fingerprint density at radius 3 is 2.66 bits per heavy atom. The Morgan fingerprint density at radius 2 is 1.97 bits per heavy atom. The summed E-state index contributed by atoms with van der Waals surface area (Å²) in [6.07, 6.45) is 9.61. The number of aromatic hydroxyl groups is 1. The van der Waals surface area contributed by atoms with Crippen LogP contribution in [0, 0.1) is 0 Å². The summed E-state index contributed by atoms with van der Waals surface area (Å²) in [6, 6.07) is 13.6. The number of carbonyl (C=O) groups excluding carboxylic acids is 1. The Bertz CT molecular complexity index is 1060. The van der Waals surface area contributed by atoms with Crippen molar-refractivity contribution < 1.29 is 14.6 Å². The molecule has 2 aromatic carbocycles. The Morgan fingerprint density at radius 1 is 1.22 bits per heavy atom. The maximum atomic E-state index is 13.5. The smallest absolute Gasteiger partial charge is 0.267 e. The lowest BCUT2D eigenvalue weighted by atomic mass is 9.94. The Balaban J connectivity index is 1.72. The first-order valence-corrected chi connectivity index (χ1v) is 11.8. The molecule has 2 aromatic rings. The first-order chi connectivity index (χ1) is 15.6. The summed E-state index contributed by atoms with van der Waals surface area (Å²) in [7, 11) is 1.52. The van der Waals surface area contributed by atoms with E-state index in [1.807, 2.05) is 47.4 Å². The van der Waals surface area contributed by atoms with Crippen LogP contribution in [0.2, 0.25) is 0 Å². The number of ether oxygens (including phenoxy) is 1. The molecule has 0 bridgehead atoms. The zero-order valence-electron chi connectivity index (χ0n) is 18.3. The number of allylic oxidation sites excluding steroid dienone is 1. The lowest BCUT2D eigenvalue weighted by molar-refractivity contribution is -0.124. The standard InChI is InChI=1S/C26H28N2O3S/c1-3-10-19-15-18(16-22(31-2)24(19)29)17-23-25(30)28(21-13-8-5-9-14-21)26(32-23)27-20-11-6-4-7-12-20/h3-4,6-7,11-12,15-17,21,29H,1,5,8-10,13-14H2,2H3/b23-17-,27-26?. The normalized spacial score (nSPS) is 19.7. The van der Waals surface area contributed by atoms with Crippen molar-refractivity contribution in [2.24, 2.45) is 4.99 Å². The minimum atomic E-state index is -0.00565. The average molecular weight is 449 g/mol. The molecule has 0 unspecified atom stereocenters. The van der Waals surface area contributed by atoms with Crippen LogP contribution in [0.5, 0.6) is 11.5 Å². The molecule has 0 aromatic heterocycles. The first-order valence-electron chi connectivity index (χ1n) is 11.0. The second-order valence-electron chi connectivity index (χ2n) is 8.03. The maximum absolute atomic E-state index is 13.5. The van der Waals surface area contributed by atoms with E-state index in [0.29, 0.717) is 22.6 Å². The number of para-hydroxylation sites is 1. The number of aliphatic imine (C=N–C) groups is 1. The van der Waals surface area contributed by atoms with E-state index in [2.05, 4.69) is 6.58 Å². The summed E-state index contributed by atoms with van der Waals surface area (Å²) in [5.74, 6) is 0.484. The third-order valence-corrected chi connectivity index (χ3v) is 6.80. The molecular formula is C26H28N2O3S. The van der Waals surface area contributed by atoms with Crippen molar-refractivity contribution in [3.63, 3.8) is 0 Å². The number of hydrogen-bond donors (Lipinski definition) is 1.